The molecule has 0 aliphatic carbocycles. The van der Waals surface area contributed by atoms with E-state index in [1.807, 2.05) is 0 Å². The molecule has 0 saturated carbocycles. The summed E-state index contributed by atoms with van der Waals surface area (Å²) in [6.45, 7) is 1.44. The number of nitrogens with two attached hydrogens (primary N) is 1. The lowest BCUT2D eigenvalue weighted by Gasteiger charge is -2.18. The van der Waals surface area contributed by atoms with Crippen LogP contribution in [-0.4, -0.2) is 28.1 Å². The molecule has 1 atom stereocenters. The van der Waals surface area contributed by atoms with Gasteiger partial charge in [-0.3, -0.25) is 14.9 Å². The lowest BCUT2D eigenvalue weighted by Crippen LogP contribution is -2.45. The summed E-state index contributed by atoms with van der Waals surface area (Å²) in [7, 11) is 0. The molecule has 1 aromatic carbocycles. The Labute approximate surface area is 114 Å². The summed E-state index contributed by atoms with van der Waals surface area (Å²) in [5.41, 5.74) is 3.92. The molecule has 8 heteroatoms. The molecule has 0 aromatic heterocycles. The minimum Gasteiger partial charge on any atom is -0.493 e. The zero-order chi connectivity index (χ0) is 14.6. The molecule has 7 nitrogen and oxygen atoms in total. The molecule has 0 bridgehead atoms. The fourth-order valence-electron chi connectivity index (χ4n) is 1.21. The summed E-state index contributed by atoms with van der Waals surface area (Å²) >= 11 is 5.70. The molecule has 0 heterocycles. The molecule has 3 N–H and O–H groups in total. The molecule has 1 unspecified atom stereocenters. The average molecular weight is 289 g/mol. The van der Waals surface area contributed by atoms with E-state index in [1.54, 1.807) is 0 Å². The van der Waals surface area contributed by atoms with Gasteiger partial charge in [0.25, 0.3) is 5.69 Å². The minimum atomic E-state index is -1.38. The molecule has 1 rings (SSSR count). The van der Waals surface area contributed by atoms with E-state index in [2.05, 4.69) is 0 Å². The molecule has 0 aliphatic heterocycles. The summed E-state index contributed by atoms with van der Waals surface area (Å²) in [6, 6.07) is 3.91. The molecule has 104 valence electrons. The second kappa shape index (κ2) is 5.85. The van der Waals surface area contributed by atoms with Crippen molar-refractivity contribution in [3.8, 4) is 5.75 Å². The van der Waals surface area contributed by atoms with Gasteiger partial charge in [-0.2, -0.15) is 0 Å². The highest BCUT2D eigenvalue weighted by Crippen LogP contribution is 2.28. The molecular formula is C11H13ClN2O5. The van der Waals surface area contributed by atoms with E-state index in [1.165, 1.54) is 25.1 Å². The highest BCUT2D eigenvalue weighted by atomic mass is 35.5. The van der Waals surface area contributed by atoms with Gasteiger partial charge in [-0.25, -0.2) is 0 Å². The Morgan fingerprint density at radius 2 is 2.26 bits per heavy atom. The van der Waals surface area contributed by atoms with Crippen LogP contribution in [0.1, 0.15) is 13.3 Å². The first-order valence-corrected chi connectivity index (χ1v) is 5.71. The summed E-state index contributed by atoms with van der Waals surface area (Å²) in [5.74, 6) is -0.811. The maximum Gasteiger partial charge on any atom is 0.323 e. The number of carbonyl (C=O) groups is 1. The Bertz CT molecular complexity index is 504. The zero-order valence-electron chi connectivity index (χ0n) is 10.1. The Morgan fingerprint density at radius 1 is 1.63 bits per heavy atom. The number of benzene rings is 1. The number of hydrogen-bond acceptors (Lipinski definition) is 5. The number of hydrogen-bond donors (Lipinski definition) is 2. The molecule has 0 aliphatic rings. The van der Waals surface area contributed by atoms with Crippen LogP contribution < -0.4 is 10.5 Å². The number of nitro groups is 1. The number of carboxylic acid groups (broad SMARTS) is 1. The third kappa shape index (κ3) is 4.08. The van der Waals surface area contributed by atoms with Crippen LogP contribution in [0.2, 0.25) is 5.02 Å². The normalized spacial score (nSPS) is 13.6. The number of nitrogens with zero attached hydrogens (tertiary/aromatic N) is 1. The standard InChI is InChI=1S/C11H13ClN2O5/c1-11(13,10(15)16)4-5-19-7-2-3-9(14(17)18)8(12)6-7/h2-3,6H,4-5,13H2,1H3,(H,15,16). The predicted octanol–water partition coefficient (Wildman–Crippen LogP) is 1.82. The van der Waals surface area contributed by atoms with Crippen molar-refractivity contribution in [1.82, 2.24) is 0 Å². The van der Waals surface area contributed by atoms with Gasteiger partial charge in [0.05, 0.1) is 11.5 Å². The number of ether oxygens (including phenoxy) is 1. The van der Waals surface area contributed by atoms with Crippen LogP contribution in [0, 0.1) is 10.1 Å². The van der Waals surface area contributed by atoms with Crippen molar-refractivity contribution < 1.29 is 19.6 Å². The quantitative estimate of drug-likeness (QED) is 0.609. The van der Waals surface area contributed by atoms with Gasteiger partial charge in [0, 0.05) is 18.6 Å². The van der Waals surface area contributed by atoms with Crippen LogP contribution in [0.3, 0.4) is 0 Å². The first-order chi connectivity index (χ1) is 8.74. The van der Waals surface area contributed by atoms with Gasteiger partial charge in [0.1, 0.15) is 16.3 Å². The smallest absolute Gasteiger partial charge is 0.323 e. The van der Waals surface area contributed by atoms with Crippen molar-refractivity contribution in [3.05, 3.63) is 33.3 Å². The average Bonchev–Trinajstić information content (AvgIpc) is 2.28. The van der Waals surface area contributed by atoms with Crippen molar-refractivity contribution in [3.63, 3.8) is 0 Å². The first kappa shape index (κ1) is 15.2. The first-order valence-electron chi connectivity index (χ1n) is 5.33. The second-order valence-corrected chi connectivity index (χ2v) is 4.60. The van der Waals surface area contributed by atoms with E-state index in [0.29, 0.717) is 5.75 Å². The van der Waals surface area contributed by atoms with E-state index >= 15 is 0 Å². The van der Waals surface area contributed by atoms with Gasteiger partial charge < -0.3 is 15.6 Å². The van der Waals surface area contributed by atoms with Crippen molar-refractivity contribution in [2.45, 2.75) is 18.9 Å². The minimum absolute atomic E-state index is 0.0451. The Hall–Kier alpha value is -1.86. The van der Waals surface area contributed by atoms with E-state index in [0.717, 1.165) is 0 Å². The molecule has 0 amide bonds. The maximum atomic E-state index is 10.8. The molecule has 0 spiro atoms. The Kier molecular flexibility index (Phi) is 4.68. The summed E-state index contributed by atoms with van der Waals surface area (Å²) in [6.07, 6.45) is 0.0942. The van der Waals surface area contributed by atoms with Crippen molar-refractivity contribution in [2.24, 2.45) is 5.73 Å². The molecule has 0 saturated heterocycles. The van der Waals surface area contributed by atoms with Crippen LogP contribution in [-0.2, 0) is 4.79 Å². The lowest BCUT2D eigenvalue weighted by atomic mass is 10.0. The fourth-order valence-corrected chi connectivity index (χ4v) is 1.45. The number of rotatable bonds is 6. The third-order valence-corrected chi connectivity index (χ3v) is 2.80. The van der Waals surface area contributed by atoms with Crippen LogP contribution >= 0.6 is 11.6 Å². The van der Waals surface area contributed by atoms with E-state index in [4.69, 9.17) is 27.2 Å². The largest absolute Gasteiger partial charge is 0.493 e. The van der Waals surface area contributed by atoms with Crippen LogP contribution in [0.15, 0.2) is 18.2 Å². The zero-order valence-corrected chi connectivity index (χ0v) is 10.9. The van der Waals surface area contributed by atoms with Crippen molar-refractivity contribution in [1.29, 1.82) is 0 Å². The van der Waals surface area contributed by atoms with Crippen molar-refractivity contribution in [2.75, 3.05) is 6.61 Å². The Balaban J connectivity index is 2.63. The Morgan fingerprint density at radius 3 is 2.74 bits per heavy atom. The van der Waals surface area contributed by atoms with Crippen LogP contribution in [0.25, 0.3) is 0 Å². The summed E-state index contributed by atoms with van der Waals surface area (Å²) < 4.78 is 5.26. The third-order valence-electron chi connectivity index (χ3n) is 2.49. The highest BCUT2D eigenvalue weighted by Gasteiger charge is 2.27. The predicted molar refractivity (Wildman–Crippen MR) is 68.4 cm³/mol. The molecule has 0 radical (unpaired) electrons. The number of halogens is 1. The number of carboxylic acids is 1. The fraction of sp³-hybridized carbons (Fsp3) is 0.364. The second-order valence-electron chi connectivity index (χ2n) is 4.19. The molecule has 1 aromatic rings. The van der Waals surface area contributed by atoms with Crippen LogP contribution in [0.4, 0.5) is 5.69 Å². The summed E-state index contributed by atoms with van der Waals surface area (Å²) in [4.78, 5) is 20.7. The van der Waals surface area contributed by atoms with E-state index in [-0.39, 0.29) is 23.7 Å². The lowest BCUT2D eigenvalue weighted by molar-refractivity contribution is -0.384. The molecule has 19 heavy (non-hydrogen) atoms. The topological polar surface area (TPSA) is 116 Å². The maximum absolute atomic E-state index is 10.8. The SMILES string of the molecule is CC(N)(CCOc1ccc([N+](=O)[O-])c(Cl)c1)C(=O)O. The number of nitro benzene ring substituents is 1. The van der Waals surface area contributed by atoms with E-state index in [9.17, 15) is 14.9 Å². The van der Waals surface area contributed by atoms with Gasteiger partial charge in [-0.15, -0.1) is 0 Å². The summed E-state index contributed by atoms with van der Waals surface area (Å²) in [5, 5.41) is 19.3. The van der Waals surface area contributed by atoms with Crippen LogP contribution in [0.5, 0.6) is 5.75 Å². The molecule has 0 fully saturated rings. The van der Waals surface area contributed by atoms with Gasteiger partial charge in [-0.05, 0) is 13.0 Å². The number of aliphatic carboxylic acids is 1. The van der Waals surface area contributed by atoms with Crippen molar-refractivity contribution >= 4 is 23.3 Å². The van der Waals surface area contributed by atoms with Gasteiger partial charge >= 0.3 is 5.97 Å². The van der Waals surface area contributed by atoms with Gasteiger partial charge in [0.15, 0.2) is 0 Å². The van der Waals surface area contributed by atoms with E-state index < -0.39 is 16.4 Å². The highest BCUT2D eigenvalue weighted by molar-refractivity contribution is 6.32. The monoisotopic (exact) mass is 288 g/mol. The van der Waals surface area contributed by atoms with Gasteiger partial charge in [0.2, 0.25) is 0 Å². The van der Waals surface area contributed by atoms with Gasteiger partial charge in [-0.1, -0.05) is 11.6 Å². The molecular weight excluding hydrogens is 276 g/mol.